The van der Waals surface area contributed by atoms with E-state index in [2.05, 4.69) is 10.2 Å². The fourth-order valence-corrected chi connectivity index (χ4v) is 2.80. The van der Waals surface area contributed by atoms with Crippen LogP contribution in [0, 0.1) is 11.1 Å². The summed E-state index contributed by atoms with van der Waals surface area (Å²) >= 11 is 0. The number of quaternary nitrogens is 1. The molecule has 0 aliphatic carbocycles. The van der Waals surface area contributed by atoms with Crippen molar-refractivity contribution in [2.75, 3.05) is 24.5 Å². The molecule has 0 unspecified atom stereocenters. The number of nitrogens with two attached hydrogens (primary N) is 1. The van der Waals surface area contributed by atoms with Gasteiger partial charge in [-0.2, -0.15) is 0 Å². The van der Waals surface area contributed by atoms with E-state index in [4.69, 9.17) is 4.74 Å². The molecule has 24 heavy (non-hydrogen) atoms. The van der Waals surface area contributed by atoms with E-state index < -0.39 is 5.60 Å². The third kappa shape index (κ3) is 6.45. The highest BCUT2D eigenvalue weighted by Crippen LogP contribution is 2.27. The number of amides is 1. The first-order valence-corrected chi connectivity index (χ1v) is 8.15. The second kappa shape index (κ2) is 9.43. The first-order valence-electron chi connectivity index (χ1n) is 8.15. The van der Waals surface area contributed by atoms with Crippen molar-refractivity contribution in [1.29, 1.82) is 0 Å². The van der Waals surface area contributed by atoms with Gasteiger partial charge in [0.15, 0.2) is 5.69 Å². The highest BCUT2D eigenvalue weighted by molar-refractivity contribution is 5.67. The number of rotatable bonds is 4. The summed E-state index contributed by atoms with van der Waals surface area (Å²) in [5.41, 5.74) is 2.18. The van der Waals surface area contributed by atoms with Crippen LogP contribution < -0.4 is 39.7 Å². The summed E-state index contributed by atoms with van der Waals surface area (Å²) in [4.78, 5) is 13.9. The van der Waals surface area contributed by atoms with E-state index in [9.17, 15) is 10.0 Å². The Labute approximate surface area is 160 Å². The third-order valence-electron chi connectivity index (χ3n) is 3.95. The smallest absolute Gasteiger partial charge is 0.407 e. The fourth-order valence-electron chi connectivity index (χ4n) is 2.80. The minimum absolute atomic E-state index is 0. The molecule has 136 valence electrons. The first kappa shape index (κ1) is 21.0. The molecule has 3 N–H and O–H groups in total. The summed E-state index contributed by atoms with van der Waals surface area (Å²) in [5.74, 6) is 0.446. The maximum absolute atomic E-state index is 11.7. The average molecular weight is 448 g/mol. The SMILES string of the molecule is CC(C)(C)OC(=O)NCC1CCN(c2ccccc2[NH2+][O-])CC1.[I-]. The van der Waals surface area contributed by atoms with Crippen molar-refractivity contribution in [3.05, 3.63) is 29.5 Å². The minimum atomic E-state index is -0.466. The Morgan fingerprint density at radius 1 is 1.33 bits per heavy atom. The largest absolute Gasteiger partial charge is 1.00 e. The summed E-state index contributed by atoms with van der Waals surface area (Å²) in [6.45, 7) is 8.00. The molecular formula is C17H27IN3O3-. The maximum atomic E-state index is 11.7. The molecular weight excluding hydrogens is 421 g/mol. The molecule has 6 nitrogen and oxygen atoms in total. The molecule has 0 saturated carbocycles. The first-order chi connectivity index (χ1) is 10.9. The van der Waals surface area contributed by atoms with Crippen LogP contribution in [-0.2, 0) is 4.74 Å². The standard InChI is InChI=1S/C17H27N3O3.HI/c1-17(2,3)23-16(21)18-12-13-8-10-20(11-9-13)15-7-5-4-6-14(15)19-22;/h4-7,13H,8-12,19H2,1-3H3,(H,18,21);1H/p-1. The quantitative estimate of drug-likeness (QED) is 0.357. The van der Waals surface area contributed by atoms with Crippen LogP contribution in [0.5, 0.6) is 0 Å². The van der Waals surface area contributed by atoms with Gasteiger partial charge in [0.1, 0.15) is 5.60 Å². The Kier molecular flexibility index (Phi) is 8.24. The van der Waals surface area contributed by atoms with Crippen LogP contribution in [0.1, 0.15) is 33.6 Å². The molecule has 1 aliphatic heterocycles. The van der Waals surface area contributed by atoms with Crippen molar-refractivity contribution < 1.29 is 39.0 Å². The Morgan fingerprint density at radius 3 is 2.54 bits per heavy atom. The van der Waals surface area contributed by atoms with Crippen molar-refractivity contribution in [1.82, 2.24) is 5.32 Å². The van der Waals surface area contributed by atoms with Crippen LogP contribution in [0.4, 0.5) is 16.2 Å². The third-order valence-corrected chi connectivity index (χ3v) is 3.95. The number of ether oxygens (including phenoxy) is 1. The van der Waals surface area contributed by atoms with Gasteiger partial charge in [0.05, 0.1) is 5.69 Å². The van der Waals surface area contributed by atoms with E-state index in [0.29, 0.717) is 12.5 Å². The van der Waals surface area contributed by atoms with Crippen LogP contribution in [0.15, 0.2) is 24.3 Å². The number of anilines is 1. The van der Waals surface area contributed by atoms with E-state index in [1.54, 1.807) is 0 Å². The van der Waals surface area contributed by atoms with Gasteiger partial charge in [0, 0.05) is 25.7 Å². The summed E-state index contributed by atoms with van der Waals surface area (Å²) < 4.78 is 5.25. The molecule has 0 bridgehead atoms. The lowest BCUT2D eigenvalue weighted by molar-refractivity contribution is -0.496. The van der Waals surface area contributed by atoms with E-state index >= 15 is 0 Å². The highest BCUT2D eigenvalue weighted by atomic mass is 127. The van der Waals surface area contributed by atoms with Crippen LogP contribution >= 0.6 is 0 Å². The molecule has 2 rings (SSSR count). The molecule has 1 heterocycles. The molecule has 1 amide bonds. The number of benzene rings is 1. The molecule has 1 aromatic rings. The molecule has 1 saturated heterocycles. The number of hydrogen-bond acceptors (Lipinski definition) is 4. The van der Waals surface area contributed by atoms with Crippen LogP contribution in [0.25, 0.3) is 0 Å². The lowest BCUT2D eigenvalue weighted by atomic mass is 9.96. The van der Waals surface area contributed by atoms with Crippen molar-refractivity contribution in [2.24, 2.45) is 5.92 Å². The second-order valence-electron chi connectivity index (χ2n) is 6.99. The summed E-state index contributed by atoms with van der Waals surface area (Å²) in [6.07, 6.45) is 1.62. The number of nitrogens with zero attached hydrogens (tertiary/aromatic N) is 1. The molecule has 1 aromatic carbocycles. The van der Waals surface area contributed by atoms with Crippen molar-refractivity contribution in [3.63, 3.8) is 0 Å². The maximum Gasteiger partial charge on any atom is 0.407 e. The van der Waals surface area contributed by atoms with Gasteiger partial charge >= 0.3 is 6.09 Å². The lowest BCUT2D eigenvalue weighted by Crippen LogP contribution is -3.00. The van der Waals surface area contributed by atoms with Gasteiger partial charge < -0.3 is 49.6 Å². The van der Waals surface area contributed by atoms with Crippen LogP contribution in [0.2, 0.25) is 0 Å². The van der Waals surface area contributed by atoms with Gasteiger partial charge in [-0.3, -0.25) is 0 Å². The van der Waals surface area contributed by atoms with Crippen molar-refractivity contribution in [2.45, 2.75) is 39.2 Å². The fraction of sp³-hybridized carbons (Fsp3) is 0.588. The Morgan fingerprint density at radius 2 is 1.96 bits per heavy atom. The zero-order valence-electron chi connectivity index (χ0n) is 14.5. The normalized spacial score (nSPS) is 15.6. The molecule has 0 spiro atoms. The topological polar surface area (TPSA) is 81.2 Å². The summed E-state index contributed by atoms with van der Waals surface area (Å²) in [7, 11) is 0. The van der Waals surface area contributed by atoms with Crippen LogP contribution in [0.3, 0.4) is 0 Å². The number of carbonyl (C=O) groups is 1. The molecule has 1 aliphatic rings. The highest BCUT2D eigenvalue weighted by Gasteiger charge is 2.23. The van der Waals surface area contributed by atoms with Gasteiger partial charge in [0.25, 0.3) is 0 Å². The van der Waals surface area contributed by atoms with Gasteiger partial charge in [-0.1, -0.05) is 12.1 Å². The number of para-hydroxylation sites is 1. The molecule has 0 radical (unpaired) electrons. The Hall–Kier alpha value is -1.06. The number of carbonyl (C=O) groups excluding carboxylic acids is 1. The number of halogens is 1. The number of hydrogen-bond donors (Lipinski definition) is 2. The monoisotopic (exact) mass is 448 g/mol. The number of nitrogens with one attached hydrogen (secondary N) is 1. The summed E-state index contributed by atoms with van der Waals surface area (Å²) in [5, 5.41) is 14.0. The predicted octanol–water partition coefficient (Wildman–Crippen LogP) is -0.876. The van der Waals surface area contributed by atoms with Crippen molar-refractivity contribution in [3.8, 4) is 0 Å². The van der Waals surface area contributed by atoms with E-state index in [1.165, 1.54) is 0 Å². The molecule has 1 fully saturated rings. The Bertz CT molecular complexity index is 526. The number of piperidine rings is 1. The predicted molar refractivity (Wildman–Crippen MR) is 90.6 cm³/mol. The lowest BCUT2D eigenvalue weighted by Gasteiger charge is -2.34. The summed E-state index contributed by atoms with van der Waals surface area (Å²) in [6, 6.07) is 7.67. The van der Waals surface area contributed by atoms with Gasteiger partial charge in [-0.05, 0) is 45.6 Å². The number of alkyl carbamates (subject to hydrolysis) is 1. The van der Waals surface area contributed by atoms with Gasteiger partial charge in [-0.15, -0.1) is 0 Å². The van der Waals surface area contributed by atoms with Crippen LogP contribution in [-0.4, -0.2) is 31.3 Å². The molecule has 0 atom stereocenters. The average Bonchev–Trinajstić information content (AvgIpc) is 2.52. The van der Waals surface area contributed by atoms with E-state index in [1.807, 2.05) is 45.0 Å². The van der Waals surface area contributed by atoms with Gasteiger partial charge in [0.2, 0.25) is 0 Å². The minimum Gasteiger partial charge on any atom is -1.00 e. The van der Waals surface area contributed by atoms with E-state index in [0.717, 1.165) is 42.8 Å². The zero-order valence-corrected chi connectivity index (χ0v) is 16.7. The molecule has 0 aromatic heterocycles. The second-order valence-corrected chi connectivity index (χ2v) is 6.99. The van der Waals surface area contributed by atoms with Gasteiger partial charge in [-0.25, -0.2) is 4.79 Å². The molecule has 7 heteroatoms. The van der Waals surface area contributed by atoms with Crippen molar-refractivity contribution >= 4 is 17.5 Å². The van der Waals surface area contributed by atoms with E-state index in [-0.39, 0.29) is 30.1 Å². The Balaban J connectivity index is 0.00000288. The zero-order chi connectivity index (χ0) is 16.9.